The summed E-state index contributed by atoms with van der Waals surface area (Å²) in [4.78, 5) is 0. The van der Waals surface area contributed by atoms with Gasteiger partial charge in [0, 0.05) is 12.6 Å². The molecule has 76 valence electrons. The van der Waals surface area contributed by atoms with Crippen molar-refractivity contribution in [2.75, 3.05) is 13.2 Å². The van der Waals surface area contributed by atoms with Crippen molar-refractivity contribution in [3.05, 3.63) is 0 Å². The van der Waals surface area contributed by atoms with Crippen LogP contribution in [0.4, 0.5) is 0 Å². The molecule has 2 rings (SSSR count). The summed E-state index contributed by atoms with van der Waals surface area (Å²) in [5.41, 5.74) is 0. The number of hydrogen-bond acceptors (Lipinski definition) is 2. The van der Waals surface area contributed by atoms with E-state index in [1.54, 1.807) is 0 Å². The highest BCUT2D eigenvalue weighted by Gasteiger charge is 2.27. The first kappa shape index (κ1) is 9.47. The molecule has 0 aromatic heterocycles. The molecule has 13 heavy (non-hydrogen) atoms. The fourth-order valence-corrected chi connectivity index (χ4v) is 2.11. The van der Waals surface area contributed by atoms with Crippen LogP contribution in [0.25, 0.3) is 0 Å². The van der Waals surface area contributed by atoms with E-state index in [0.717, 1.165) is 25.1 Å². The monoisotopic (exact) mass is 183 g/mol. The Labute approximate surface area is 81.0 Å². The van der Waals surface area contributed by atoms with Crippen LogP contribution < -0.4 is 5.32 Å². The van der Waals surface area contributed by atoms with E-state index < -0.39 is 0 Å². The van der Waals surface area contributed by atoms with Crippen LogP contribution in [-0.2, 0) is 4.74 Å². The van der Waals surface area contributed by atoms with Crippen LogP contribution in [0.5, 0.6) is 0 Å². The minimum Gasteiger partial charge on any atom is -0.378 e. The smallest absolute Gasteiger partial charge is 0.0588 e. The minimum absolute atomic E-state index is 0.555. The topological polar surface area (TPSA) is 21.3 Å². The zero-order chi connectivity index (χ0) is 9.10. The Morgan fingerprint density at radius 2 is 2.23 bits per heavy atom. The van der Waals surface area contributed by atoms with Gasteiger partial charge in [0.2, 0.25) is 0 Å². The van der Waals surface area contributed by atoms with Gasteiger partial charge in [-0.15, -0.1) is 0 Å². The first-order valence-corrected chi connectivity index (χ1v) is 5.71. The van der Waals surface area contributed by atoms with E-state index in [2.05, 4.69) is 12.2 Å². The molecule has 2 nitrogen and oxygen atoms in total. The number of nitrogens with one attached hydrogen (secondary N) is 1. The maximum Gasteiger partial charge on any atom is 0.0588 e. The van der Waals surface area contributed by atoms with Crippen molar-refractivity contribution < 1.29 is 4.74 Å². The lowest BCUT2D eigenvalue weighted by Gasteiger charge is -2.14. The Kier molecular flexibility index (Phi) is 3.23. The highest BCUT2D eigenvalue weighted by Crippen LogP contribution is 2.32. The van der Waals surface area contributed by atoms with Gasteiger partial charge in [0.05, 0.1) is 6.10 Å². The van der Waals surface area contributed by atoms with Gasteiger partial charge in [-0.2, -0.15) is 0 Å². The Morgan fingerprint density at radius 1 is 1.38 bits per heavy atom. The summed E-state index contributed by atoms with van der Waals surface area (Å²) in [5, 5.41) is 3.59. The summed E-state index contributed by atoms with van der Waals surface area (Å²) < 4.78 is 5.57. The molecule has 1 saturated carbocycles. The predicted molar refractivity (Wildman–Crippen MR) is 53.8 cm³/mol. The minimum atomic E-state index is 0.555. The third-order valence-corrected chi connectivity index (χ3v) is 3.29. The standard InChI is InChI=1S/C11H21NO/c1-9(10-4-5-10)12-7-6-11-3-2-8-13-11/h9-12H,2-8H2,1H3. The van der Waals surface area contributed by atoms with E-state index in [1.807, 2.05) is 0 Å². The second-order valence-corrected chi connectivity index (χ2v) is 4.50. The Bertz CT molecular complexity index is 148. The van der Waals surface area contributed by atoms with Gasteiger partial charge in [0.15, 0.2) is 0 Å². The summed E-state index contributed by atoms with van der Waals surface area (Å²) in [6, 6.07) is 0.737. The van der Waals surface area contributed by atoms with Crippen LogP contribution in [0.3, 0.4) is 0 Å². The molecule has 2 atom stereocenters. The van der Waals surface area contributed by atoms with Crippen molar-refractivity contribution in [2.24, 2.45) is 5.92 Å². The summed E-state index contributed by atoms with van der Waals surface area (Å²) in [7, 11) is 0. The van der Waals surface area contributed by atoms with Gasteiger partial charge >= 0.3 is 0 Å². The van der Waals surface area contributed by atoms with Gasteiger partial charge in [-0.3, -0.25) is 0 Å². The molecule has 1 N–H and O–H groups in total. The molecule has 1 saturated heterocycles. The number of hydrogen-bond donors (Lipinski definition) is 1. The average molecular weight is 183 g/mol. The Hall–Kier alpha value is -0.0800. The highest BCUT2D eigenvalue weighted by molar-refractivity contribution is 4.83. The van der Waals surface area contributed by atoms with Crippen LogP contribution in [0.15, 0.2) is 0 Å². The normalized spacial score (nSPS) is 30.7. The molecule has 2 fully saturated rings. The molecule has 0 aromatic rings. The Balaban J connectivity index is 1.52. The molecule has 0 bridgehead atoms. The van der Waals surface area contributed by atoms with Crippen LogP contribution in [0.2, 0.25) is 0 Å². The maximum atomic E-state index is 5.57. The lowest BCUT2D eigenvalue weighted by atomic mass is 10.1. The summed E-state index contributed by atoms with van der Waals surface area (Å²) in [6.07, 6.45) is 7.18. The molecule has 1 aliphatic carbocycles. The van der Waals surface area contributed by atoms with Crippen molar-refractivity contribution in [3.8, 4) is 0 Å². The number of ether oxygens (including phenoxy) is 1. The van der Waals surface area contributed by atoms with Gasteiger partial charge in [0.1, 0.15) is 0 Å². The van der Waals surface area contributed by atoms with Crippen LogP contribution in [0, 0.1) is 5.92 Å². The molecule has 2 aliphatic rings. The first-order chi connectivity index (χ1) is 6.36. The van der Waals surface area contributed by atoms with E-state index >= 15 is 0 Å². The molecule has 2 unspecified atom stereocenters. The fraction of sp³-hybridized carbons (Fsp3) is 1.00. The van der Waals surface area contributed by atoms with Crippen molar-refractivity contribution >= 4 is 0 Å². The van der Waals surface area contributed by atoms with Gasteiger partial charge in [-0.05, 0) is 51.5 Å². The summed E-state index contributed by atoms with van der Waals surface area (Å²) in [6.45, 7) is 4.44. The molecular weight excluding hydrogens is 162 g/mol. The Morgan fingerprint density at radius 3 is 2.85 bits per heavy atom. The van der Waals surface area contributed by atoms with Crippen LogP contribution in [0.1, 0.15) is 39.0 Å². The van der Waals surface area contributed by atoms with Crippen molar-refractivity contribution in [2.45, 2.75) is 51.2 Å². The molecule has 1 aliphatic heterocycles. The lowest BCUT2D eigenvalue weighted by molar-refractivity contribution is 0.103. The van der Waals surface area contributed by atoms with Gasteiger partial charge in [-0.25, -0.2) is 0 Å². The first-order valence-electron chi connectivity index (χ1n) is 5.71. The summed E-state index contributed by atoms with van der Waals surface area (Å²) >= 11 is 0. The van der Waals surface area contributed by atoms with Crippen molar-refractivity contribution in [1.29, 1.82) is 0 Å². The van der Waals surface area contributed by atoms with E-state index in [-0.39, 0.29) is 0 Å². The third-order valence-electron chi connectivity index (χ3n) is 3.29. The molecule has 0 radical (unpaired) electrons. The third kappa shape index (κ3) is 2.96. The van der Waals surface area contributed by atoms with Crippen LogP contribution in [-0.4, -0.2) is 25.3 Å². The van der Waals surface area contributed by atoms with Crippen molar-refractivity contribution in [1.82, 2.24) is 5.32 Å². The zero-order valence-corrected chi connectivity index (χ0v) is 8.59. The highest BCUT2D eigenvalue weighted by atomic mass is 16.5. The average Bonchev–Trinajstić information content (AvgIpc) is 2.86. The maximum absolute atomic E-state index is 5.57. The van der Waals surface area contributed by atoms with Crippen LogP contribution >= 0.6 is 0 Å². The molecule has 0 aromatic carbocycles. The van der Waals surface area contributed by atoms with Gasteiger partial charge < -0.3 is 10.1 Å². The van der Waals surface area contributed by atoms with Gasteiger partial charge in [0.25, 0.3) is 0 Å². The van der Waals surface area contributed by atoms with E-state index in [4.69, 9.17) is 4.74 Å². The molecule has 1 heterocycles. The quantitative estimate of drug-likeness (QED) is 0.703. The lowest BCUT2D eigenvalue weighted by Crippen LogP contribution is -2.30. The van der Waals surface area contributed by atoms with Crippen molar-refractivity contribution in [3.63, 3.8) is 0 Å². The largest absolute Gasteiger partial charge is 0.378 e. The van der Waals surface area contributed by atoms with E-state index in [9.17, 15) is 0 Å². The second-order valence-electron chi connectivity index (χ2n) is 4.50. The second kappa shape index (κ2) is 4.43. The predicted octanol–water partition coefficient (Wildman–Crippen LogP) is 1.94. The molecule has 2 heteroatoms. The molecule has 0 spiro atoms. The fourth-order valence-electron chi connectivity index (χ4n) is 2.11. The number of rotatable bonds is 5. The SMILES string of the molecule is CC(NCCC1CCCO1)C1CC1. The van der Waals surface area contributed by atoms with E-state index in [0.29, 0.717) is 6.10 Å². The van der Waals surface area contributed by atoms with Gasteiger partial charge in [-0.1, -0.05) is 0 Å². The summed E-state index contributed by atoms with van der Waals surface area (Å²) in [5.74, 6) is 0.976. The molecular formula is C11H21NO. The zero-order valence-electron chi connectivity index (χ0n) is 8.59. The van der Waals surface area contributed by atoms with E-state index in [1.165, 1.54) is 32.1 Å². The molecule has 0 amide bonds.